The summed E-state index contributed by atoms with van der Waals surface area (Å²) >= 11 is 0. The molecule has 77 heavy (non-hydrogen) atoms. The standard InChI is InChI=1S/C63H58N4O10/c1-43(2)59(68)74-35-37-76-61(70)47(41-64)39-45-15-23-51(24-16-45)66(5)31-33-72-53-27-19-49(20-28-53)63(57-13-9-7-11-55(57)56-12-8-10-14-58(56)63)50-21-29-54(30-22-50)73-34-32-67(6)52-25-17-46(18-26-52)40-48(42-65)62(71)77-38-36-75-60(69)44(3)4/h7-30,39-40H,1,3,31-38H2,2,4-6H3/b47-39+,48-40+. The van der Waals surface area contributed by atoms with Gasteiger partial charge in [-0.25, -0.2) is 19.2 Å². The van der Waals surface area contributed by atoms with Gasteiger partial charge in [-0.2, -0.15) is 10.5 Å². The van der Waals surface area contributed by atoms with Crippen molar-refractivity contribution in [2.45, 2.75) is 19.3 Å². The molecule has 0 heterocycles. The van der Waals surface area contributed by atoms with E-state index in [-0.39, 0.29) is 48.7 Å². The van der Waals surface area contributed by atoms with E-state index in [1.54, 1.807) is 0 Å². The number of carbonyl (C=O) groups excluding carboxylic acids is 4. The highest BCUT2D eigenvalue weighted by molar-refractivity contribution is 5.98. The number of rotatable bonds is 24. The highest BCUT2D eigenvalue weighted by Crippen LogP contribution is 2.56. The van der Waals surface area contributed by atoms with Crippen LogP contribution in [0.15, 0.2) is 181 Å². The molecule has 0 atom stereocenters. The molecular weight excluding hydrogens is 973 g/mol. The van der Waals surface area contributed by atoms with E-state index in [0.717, 1.165) is 34.0 Å². The Morgan fingerprint density at radius 2 is 0.818 bits per heavy atom. The van der Waals surface area contributed by atoms with E-state index in [2.05, 4.69) is 95.8 Å². The summed E-state index contributed by atoms with van der Waals surface area (Å²) in [6.45, 7) is 11.3. The number of nitrogens with zero attached hydrogens (tertiary/aromatic N) is 4. The summed E-state index contributed by atoms with van der Waals surface area (Å²) in [7, 11) is 3.92. The van der Waals surface area contributed by atoms with Gasteiger partial charge in [0.05, 0.1) is 18.5 Å². The predicted molar refractivity (Wildman–Crippen MR) is 295 cm³/mol. The molecule has 0 aromatic heterocycles. The lowest BCUT2D eigenvalue weighted by Gasteiger charge is -2.34. The van der Waals surface area contributed by atoms with Gasteiger partial charge in [-0.1, -0.05) is 110 Å². The Hall–Kier alpha value is -9.66. The summed E-state index contributed by atoms with van der Waals surface area (Å²) in [4.78, 5) is 52.1. The van der Waals surface area contributed by atoms with Crippen molar-refractivity contribution < 1.29 is 47.6 Å². The Kier molecular flexibility index (Phi) is 18.6. The van der Waals surface area contributed by atoms with Crippen LogP contribution in [0.25, 0.3) is 23.3 Å². The Bertz CT molecular complexity index is 3050. The van der Waals surface area contributed by atoms with Crippen molar-refractivity contribution in [3.05, 3.63) is 214 Å². The van der Waals surface area contributed by atoms with E-state index in [0.29, 0.717) is 37.4 Å². The fraction of sp³-hybridized carbons (Fsp3) is 0.206. The van der Waals surface area contributed by atoms with Gasteiger partial charge in [0.1, 0.15) is 74.4 Å². The molecule has 0 unspecified atom stereocenters. The maximum atomic E-state index is 12.5. The molecule has 6 aromatic carbocycles. The molecule has 0 radical (unpaired) electrons. The second-order valence-electron chi connectivity index (χ2n) is 18.1. The number of esters is 4. The first-order valence-corrected chi connectivity index (χ1v) is 24.7. The smallest absolute Gasteiger partial charge is 0.349 e. The lowest BCUT2D eigenvalue weighted by atomic mass is 9.68. The van der Waals surface area contributed by atoms with E-state index in [1.807, 2.05) is 99.0 Å². The Morgan fingerprint density at radius 1 is 0.481 bits per heavy atom. The monoisotopic (exact) mass is 1030 g/mol. The second-order valence-corrected chi connectivity index (χ2v) is 18.1. The minimum atomic E-state index is -0.813. The number of nitriles is 2. The van der Waals surface area contributed by atoms with Crippen LogP contribution in [0.3, 0.4) is 0 Å². The molecule has 6 aromatic rings. The molecule has 0 bridgehead atoms. The number of benzene rings is 6. The molecule has 14 heteroatoms. The fourth-order valence-electron chi connectivity index (χ4n) is 8.68. The normalized spacial score (nSPS) is 12.1. The van der Waals surface area contributed by atoms with Crippen LogP contribution in [-0.2, 0) is 43.5 Å². The van der Waals surface area contributed by atoms with Crippen molar-refractivity contribution in [1.82, 2.24) is 0 Å². The zero-order valence-electron chi connectivity index (χ0n) is 43.5. The van der Waals surface area contributed by atoms with Gasteiger partial charge in [0.2, 0.25) is 0 Å². The predicted octanol–water partition coefficient (Wildman–Crippen LogP) is 10.2. The van der Waals surface area contributed by atoms with Crippen molar-refractivity contribution in [3.63, 3.8) is 0 Å². The summed E-state index contributed by atoms with van der Waals surface area (Å²) in [6.07, 6.45) is 2.89. The SMILES string of the molecule is C=C(C)C(=O)OCCOC(=O)/C(C#N)=C/c1ccc(N(C)CCOc2ccc(C3(c4ccc(OCCN(C)c5ccc(/C=C(\C#N)C(=O)OCCOC(=O)C(=C)C)cc5)cc4)c4ccccc4-c4ccccc43)cc2)cc1. The lowest BCUT2D eigenvalue weighted by Crippen LogP contribution is -2.28. The van der Waals surface area contributed by atoms with Crippen LogP contribution < -0.4 is 19.3 Å². The maximum Gasteiger partial charge on any atom is 0.349 e. The van der Waals surface area contributed by atoms with Crippen molar-refractivity contribution in [3.8, 4) is 34.8 Å². The van der Waals surface area contributed by atoms with Gasteiger partial charge in [-0.15, -0.1) is 0 Å². The zero-order valence-corrected chi connectivity index (χ0v) is 43.5. The zero-order chi connectivity index (χ0) is 54.9. The maximum absolute atomic E-state index is 12.5. The van der Waals surface area contributed by atoms with E-state index in [1.165, 1.54) is 48.3 Å². The molecule has 0 aliphatic heterocycles. The third-order valence-corrected chi connectivity index (χ3v) is 12.7. The van der Waals surface area contributed by atoms with E-state index in [4.69, 9.17) is 28.4 Å². The average Bonchev–Trinajstić information content (AvgIpc) is 3.96. The Morgan fingerprint density at radius 3 is 1.16 bits per heavy atom. The Balaban J connectivity index is 0.963. The molecule has 1 aliphatic carbocycles. The van der Waals surface area contributed by atoms with Crippen LogP contribution in [-0.4, -0.2) is 90.7 Å². The third kappa shape index (κ3) is 13.6. The number of carbonyl (C=O) groups is 4. The van der Waals surface area contributed by atoms with Crippen LogP contribution >= 0.6 is 0 Å². The molecule has 14 nitrogen and oxygen atoms in total. The van der Waals surface area contributed by atoms with Crippen LogP contribution in [0.2, 0.25) is 0 Å². The van der Waals surface area contributed by atoms with Gasteiger partial charge < -0.3 is 38.2 Å². The van der Waals surface area contributed by atoms with Crippen molar-refractivity contribution in [2.24, 2.45) is 0 Å². The number of anilines is 2. The highest BCUT2D eigenvalue weighted by atomic mass is 16.6. The van der Waals surface area contributed by atoms with Gasteiger partial charge in [-0.05, 0) is 119 Å². The number of fused-ring (bicyclic) bond motifs is 3. The summed E-state index contributed by atoms with van der Waals surface area (Å²) in [6, 6.07) is 52.3. The summed E-state index contributed by atoms with van der Waals surface area (Å²) in [5.74, 6) is -1.34. The lowest BCUT2D eigenvalue weighted by molar-refractivity contribution is -0.147. The van der Waals surface area contributed by atoms with Crippen LogP contribution in [0.1, 0.15) is 47.2 Å². The quantitative estimate of drug-likeness (QED) is 0.0184. The van der Waals surface area contributed by atoms with Gasteiger partial charge in [0.25, 0.3) is 0 Å². The molecular formula is C63H58N4O10. The minimum absolute atomic E-state index is 0.144. The van der Waals surface area contributed by atoms with E-state index < -0.39 is 29.3 Å². The highest BCUT2D eigenvalue weighted by Gasteiger charge is 2.46. The second kappa shape index (κ2) is 26.0. The van der Waals surface area contributed by atoms with Crippen LogP contribution in [0.4, 0.5) is 11.4 Å². The van der Waals surface area contributed by atoms with Gasteiger partial charge >= 0.3 is 23.9 Å². The summed E-state index contributed by atoms with van der Waals surface area (Å²) < 4.78 is 32.7. The summed E-state index contributed by atoms with van der Waals surface area (Å²) in [5.41, 5.74) is 9.48. The third-order valence-electron chi connectivity index (χ3n) is 12.7. The van der Waals surface area contributed by atoms with Gasteiger partial charge in [-0.3, -0.25) is 0 Å². The number of hydrogen-bond donors (Lipinski definition) is 0. The topological polar surface area (TPSA) is 178 Å². The molecule has 0 saturated carbocycles. The largest absolute Gasteiger partial charge is 0.492 e. The minimum Gasteiger partial charge on any atom is -0.492 e. The molecule has 0 amide bonds. The van der Waals surface area contributed by atoms with Gasteiger partial charge in [0, 0.05) is 36.6 Å². The molecule has 0 N–H and O–H groups in total. The Labute approximate surface area is 448 Å². The molecule has 0 saturated heterocycles. The average molecular weight is 1030 g/mol. The summed E-state index contributed by atoms with van der Waals surface area (Å²) in [5, 5.41) is 19.2. The van der Waals surface area contributed by atoms with E-state index in [9.17, 15) is 29.7 Å². The first-order chi connectivity index (χ1) is 37.2. The van der Waals surface area contributed by atoms with Crippen molar-refractivity contribution >= 4 is 47.4 Å². The number of ether oxygens (including phenoxy) is 6. The molecule has 7 rings (SSSR count). The first kappa shape index (κ1) is 55.1. The number of likely N-dealkylation sites (N-methyl/N-ethyl adjacent to an activating group) is 2. The van der Waals surface area contributed by atoms with Crippen molar-refractivity contribution in [2.75, 3.05) is 76.6 Å². The first-order valence-electron chi connectivity index (χ1n) is 24.7. The molecule has 0 spiro atoms. The van der Waals surface area contributed by atoms with Crippen molar-refractivity contribution in [1.29, 1.82) is 10.5 Å². The van der Waals surface area contributed by atoms with Crippen LogP contribution in [0, 0.1) is 22.7 Å². The molecule has 390 valence electrons. The fourth-order valence-corrected chi connectivity index (χ4v) is 8.68. The number of hydrogen-bond acceptors (Lipinski definition) is 14. The molecule has 1 aliphatic rings. The van der Waals surface area contributed by atoms with Gasteiger partial charge in [0.15, 0.2) is 0 Å². The van der Waals surface area contributed by atoms with E-state index >= 15 is 0 Å². The van der Waals surface area contributed by atoms with Crippen LogP contribution in [0.5, 0.6) is 11.5 Å². The molecule has 0 fully saturated rings.